The molecule has 0 heterocycles. The van der Waals surface area contributed by atoms with Gasteiger partial charge in [-0.15, -0.1) is 0 Å². The number of carbonyl (C=O) groups is 2. The van der Waals surface area contributed by atoms with Crippen LogP contribution in [0.25, 0.3) is 0 Å². The van der Waals surface area contributed by atoms with E-state index < -0.39 is 24.3 Å². The SMILES string of the molecule is CC(=O)Nc1ccc([As](=O)(O)O)c(O)c1.O=Cc1c(Cl)cccc1Cl. The van der Waals surface area contributed by atoms with Gasteiger partial charge in [-0.25, -0.2) is 0 Å². The fourth-order valence-corrected chi connectivity index (χ4v) is 3.49. The molecule has 0 radical (unpaired) electrons. The molecule has 0 unspecified atom stereocenters. The third kappa shape index (κ3) is 6.57. The van der Waals surface area contributed by atoms with E-state index in [2.05, 4.69) is 5.32 Å². The van der Waals surface area contributed by atoms with Crippen LogP contribution in [-0.2, 0) is 8.53 Å². The number of amides is 1. The summed E-state index contributed by atoms with van der Waals surface area (Å²) in [6.45, 7) is 1.29. The first kappa shape index (κ1) is 21.3. The van der Waals surface area contributed by atoms with Crippen LogP contribution in [0.4, 0.5) is 5.69 Å². The molecule has 10 heteroatoms. The van der Waals surface area contributed by atoms with Crippen molar-refractivity contribution in [2.24, 2.45) is 0 Å². The minimum Gasteiger partial charge on any atom is -0.298 e. The Morgan fingerprint density at radius 3 is 2.08 bits per heavy atom. The molecule has 0 saturated heterocycles. The first-order chi connectivity index (χ1) is 11.6. The van der Waals surface area contributed by atoms with Gasteiger partial charge >= 0.3 is 88.1 Å². The first-order valence-corrected chi connectivity index (χ1v) is 10.8. The molecule has 0 atom stereocenters. The van der Waals surface area contributed by atoms with E-state index in [1.807, 2.05) is 0 Å². The minimum atomic E-state index is -5.09. The van der Waals surface area contributed by atoms with E-state index in [1.54, 1.807) is 18.2 Å². The molecular formula is C15H14AsCl2NO6. The van der Waals surface area contributed by atoms with Crippen LogP contribution in [0.1, 0.15) is 17.3 Å². The zero-order chi connectivity index (χ0) is 19.2. The fourth-order valence-electron chi connectivity index (χ4n) is 1.67. The van der Waals surface area contributed by atoms with Gasteiger partial charge in [0.2, 0.25) is 0 Å². The van der Waals surface area contributed by atoms with Crippen molar-refractivity contribution in [1.29, 1.82) is 0 Å². The Balaban J connectivity index is 0.000000271. The van der Waals surface area contributed by atoms with E-state index in [9.17, 15) is 18.4 Å². The van der Waals surface area contributed by atoms with Crippen LogP contribution in [0, 0.1) is 0 Å². The molecule has 4 N–H and O–H groups in total. The summed E-state index contributed by atoms with van der Waals surface area (Å²) in [7, 11) is 0. The third-order valence-corrected chi connectivity index (χ3v) is 5.50. The average Bonchev–Trinajstić information content (AvgIpc) is 2.46. The summed E-state index contributed by atoms with van der Waals surface area (Å²) in [5, 5.41) is 12.5. The standard InChI is InChI=1S/C8H10AsNO5.C7H4Cl2O/c1-5(11)10-6-2-3-7(8(12)4-6)9(13,14)15;8-6-2-1-3-7(9)5(6)4-10/h2-4,12H,1H3,(H,10,11)(H2,13,14,15);1-4H. The summed E-state index contributed by atoms with van der Waals surface area (Å²) >= 11 is 6.14. The van der Waals surface area contributed by atoms with Crippen molar-refractivity contribution in [3.05, 3.63) is 52.0 Å². The zero-order valence-electron chi connectivity index (χ0n) is 12.8. The van der Waals surface area contributed by atoms with Crippen LogP contribution in [0.2, 0.25) is 10.0 Å². The van der Waals surface area contributed by atoms with Crippen LogP contribution in [0.3, 0.4) is 0 Å². The molecule has 2 rings (SSSR count). The molecule has 0 spiro atoms. The van der Waals surface area contributed by atoms with Crippen molar-refractivity contribution >= 4 is 59.6 Å². The summed E-state index contributed by atoms with van der Waals surface area (Å²) in [5.41, 5.74) is 0.638. The topological polar surface area (TPSA) is 124 Å². The van der Waals surface area contributed by atoms with Crippen LogP contribution in [0.15, 0.2) is 36.4 Å². The molecule has 0 fully saturated rings. The molecular weight excluding hydrogens is 436 g/mol. The molecule has 0 aliphatic heterocycles. The largest absolute Gasteiger partial charge is 0.298 e. The Bertz CT molecular complexity index is 817. The number of anilines is 1. The normalized spacial score (nSPS) is 10.4. The number of carbonyl (C=O) groups excluding carboxylic acids is 2. The van der Waals surface area contributed by atoms with Crippen LogP contribution >= 0.6 is 23.2 Å². The molecule has 0 bridgehead atoms. The number of halogens is 2. The number of benzene rings is 2. The maximum atomic E-state index is 10.9. The van der Waals surface area contributed by atoms with Gasteiger partial charge in [0.25, 0.3) is 0 Å². The van der Waals surface area contributed by atoms with Gasteiger partial charge in [-0.2, -0.15) is 0 Å². The van der Waals surface area contributed by atoms with E-state index in [-0.39, 0.29) is 11.6 Å². The van der Waals surface area contributed by atoms with Crippen molar-refractivity contribution in [2.45, 2.75) is 6.92 Å². The van der Waals surface area contributed by atoms with Gasteiger partial charge in [-0.05, 0) is 12.1 Å². The molecule has 1 amide bonds. The van der Waals surface area contributed by atoms with Gasteiger partial charge in [-0.1, -0.05) is 29.3 Å². The van der Waals surface area contributed by atoms with Gasteiger partial charge < -0.3 is 0 Å². The van der Waals surface area contributed by atoms with Crippen molar-refractivity contribution in [2.75, 3.05) is 5.32 Å². The summed E-state index contributed by atoms with van der Waals surface area (Å²) in [6, 6.07) is 8.45. The maximum absolute atomic E-state index is 10.9. The van der Waals surface area contributed by atoms with Gasteiger partial charge in [-0.3, -0.25) is 4.79 Å². The molecule has 7 nitrogen and oxygen atoms in total. The predicted octanol–water partition coefficient (Wildman–Crippen LogP) is 1.72. The van der Waals surface area contributed by atoms with E-state index in [0.717, 1.165) is 12.1 Å². The Morgan fingerprint density at radius 2 is 1.72 bits per heavy atom. The number of phenols is 1. The molecule has 2 aromatic rings. The maximum Gasteiger partial charge on any atom is 0.153 e. The first-order valence-electron chi connectivity index (χ1n) is 6.62. The van der Waals surface area contributed by atoms with E-state index in [1.165, 1.54) is 13.0 Å². The number of rotatable bonds is 3. The smallest absolute Gasteiger partial charge is 0.153 e. The van der Waals surface area contributed by atoms with Crippen molar-refractivity contribution < 1.29 is 26.6 Å². The minimum absolute atomic E-state index is 0.285. The molecule has 0 aliphatic carbocycles. The van der Waals surface area contributed by atoms with Crippen molar-refractivity contribution in [3.8, 4) is 5.75 Å². The molecule has 134 valence electrons. The Kier molecular flexibility index (Phi) is 7.73. The van der Waals surface area contributed by atoms with Crippen LogP contribution in [-0.4, -0.2) is 39.7 Å². The summed E-state index contributed by atoms with van der Waals surface area (Å²) in [4.78, 5) is 20.9. The summed E-state index contributed by atoms with van der Waals surface area (Å²) in [5.74, 6) is -0.850. The second-order valence-corrected chi connectivity index (χ2v) is 8.79. The summed E-state index contributed by atoms with van der Waals surface area (Å²) in [6.07, 6.45) is 0.644. The monoisotopic (exact) mass is 449 g/mol. The third-order valence-electron chi connectivity index (χ3n) is 2.73. The number of hydrogen-bond acceptors (Lipinski definition) is 4. The second kappa shape index (κ2) is 9.08. The molecule has 25 heavy (non-hydrogen) atoms. The Labute approximate surface area is 156 Å². The van der Waals surface area contributed by atoms with E-state index in [4.69, 9.17) is 31.4 Å². The predicted molar refractivity (Wildman–Crippen MR) is 94.8 cm³/mol. The molecule has 0 saturated carbocycles. The Hall–Kier alpha value is -1.76. The van der Waals surface area contributed by atoms with Gasteiger partial charge in [0.1, 0.15) is 0 Å². The fraction of sp³-hybridized carbons (Fsp3) is 0.0667. The van der Waals surface area contributed by atoms with E-state index in [0.29, 0.717) is 21.9 Å². The van der Waals surface area contributed by atoms with Gasteiger partial charge in [0.15, 0.2) is 6.29 Å². The molecule has 0 aliphatic rings. The number of hydrogen-bond donors (Lipinski definition) is 4. The molecule has 2 aromatic carbocycles. The number of aldehydes is 1. The summed E-state index contributed by atoms with van der Waals surface area (Å²) < 4.78 is 28.2. The second-order valence-electron chi connectivity index (χ2n) is 4.68. The van der Waals surface area contributed by atoms with Gasteiger partial charge in [0.05, 0.1) is 15.6 Å². The average molecular weight is 450 g/mol. The van der Waals surface area contributed by atoms with E-state index >= 15 is 0 Å². The zero-order valence-corrected chi connectivity index (χ0v) is 16.2. The van der Waals surface area contributed by atoms with Gasteiger partial charge in [0, 0.05) is 0 Å². The number of nitrogens with one attached hydrogen (secondary N) is 1. The molecule has 0 aromatic heterocycles. The number of phenolic OH excluding ortho intramolecular Hbond substituents is 1. The number of aromatic hydroxyl groups is 1. The van der Waals surface area contributed by atoms with Crippen molar-refractivity contribution in [1.82, 2.24) is 0 Å². The van der Waals surface area contributed by atoms with Crippen molar-refractivity contribution in [3.63, 3.8) is 0 Å². The van der Waals surface area contributed by atoms with Crippen LogP contribution < -0.4 is 9.67 Å². The Morgan fingerprint density at radius 1 is 1.16 bits per heavy atom. The van der Waals surface area contributed by atoms with Crippen LogP contribution in [0.5, 0.6) is 5.75 Å². The quantitative estimate of drug-likeness (QED) is 0.417.